The van der Waals surface area contributed by atoms with Gasteiger partial charge in [-0.1, -0.05) is 121 Å². The highest BCUT2D eigenvalue weighted by molar-refractivity contribution is 7.80. The molecule has 1 heterocycles. The molecule has 1 saturated heterocycles. The lowest BCUT2D eigenvalue weighted by Gasteiger charge is -2.46. The van der Waals surface area contributed by atoms with E-state index in [1.165, 1.54) is 0 Å². The van der Waals surface area contributed by atoms with Crippen LogP contribution in [0, 0.1) is 0 Å². The van der Waals surface area contributed by atoms with E-state index >= 15 is 0 Å². The maximum absolute atomic E-state index is 6.69. The zero-order valence-corrected chi connectivity index (χ0v) is 25.3. The smallest absolute Gasteiger partial charge is 0.188 e. The van der Waals surface area contributed by atoms with Crippen molar-refractivity contribution in [2.45, 2.75) is 69.5 Å². The van der Waals surface area contributed by atoms with Crippen molar-refractivity contribution in [1.82, 2.24) is 0 Å². The van der Waals surface area contributed by atoms with Gasteiger partial charge in [0.15, 0.2) is 6.29 Å². The molecule has 6 nitrogen and oxygen atoms in total. The number of hydrogen-bond acceptors (Lipinski definition) is 7. The Morgan fingerprint density at radius 3 is 1.40 bits per heavy atom. The van der Waals surface area contributed by atoms with Crippen molar-refractivity contribution in [3.63, 3.8) is 0 Å². The molecule has 0 bridgehead atoms. The third-order valence-corrected chi connectivity index (χ3v) is 7.29. The van der Waals surface area contributed by atoms with E-state index in [2.05, 4.69) is 12.6 Å². The SMILES string of the molecule is CC(S)O[C@@H]1O[C@H](COCc2ccccc2)[C@H](OCc2ccccc2)[C@H](OCc2ccccc2)[C@H]1OCc1ccccc1. The van der Waals surface area contributed by atoms with Crippen molar-refractivity contribution in [3.8, 4) is 0 Å². The van der Waals surface area contributed by atoms with Gasteiger partial charge in [0.25, 0.3) is 0 Å². The third kappa shape index (κ3) is 9.74. The highest BCUT2D eigenvalue weighted by Crippen LogP contribution is 2.32. The van der Waals surface area contributed by atoms with Crippen LogP contribution in [0.15, 0.2) is 121 Å². The lowest BCUT2D eigenvalue weighted by Crippen LogP contribution is -2.62. The number of thiol groups is 1. The first-order valence-corrected chi connectivity index (χ1v) is 15.2. The van der Waals surface area contributed by atoms with Crippen LogP contribution in [0.25, 0.3) is 0 Å². The Morgan fingerprint density at radius 2 is 0.953 bits per heavy atom. The number of benzene rings is 4. The lowest BCUT2D eigenvalue weighted by molar-refractivity contribution is -0.329. The predicted molar refractivity (Wildman–Crippen MR) is 169 cm³/mol. The Labute approximate surface area is 260 Å². The van der Waals surface area contributed by atoms with Gasteiger partial charge in [-0.15, -0.1) is 12.6 Å². The van der Waals surface area contributed by atoms with Crippen molar-refractivity contribution in [2.24, 2.45) is 0 Å². The molecule has 5 rings (SSSR count). The molecule has 0 spiro atoms. The molecule has 6 atom stereocenters. The summed E-state index contributed by atoms with van der Waals surface area (Å²) in [5, 5.41) is 0. The van der Waals surface area contributed by atoms with Gasteiger partial charge >= 0.3 is 0 Å². The molecular formula is C36H40O6S. The first-order chi connectivity index (χ1) is 21.2. The van der Waals surface area contributed by atoms with E-state index in [0.717, 1.165) is 22.3 Å². The molecule has 226 valence electrons. The molecule has 0 amide bonds. The minimum Gasteiger partial charge on any atom is -0.374 e. The quantitative estimate of drug-likeness (QED) is 0.117. The second kappa shape index (κ2) is 16.7. The average molecular weight is 601 g/mol. The van der Waals surface area contributed by atoms with Crippen molar-refractivity contribution in [3.05, 3.63) is 144 Å². The molecular weight excluding hydrogens is 560 g/mol. The van der Waals surface area contributed by atoms with Crippen molar-refractivity contribution >= 4 is 12.6 Å². The van der Waals surface area contributed by atoms with Gasteiger partial charge in [0.2, 0.25) is 0 Å². The van der Waals surface area contributed by atoms with E-state index < -0.39 is 36.1 Å². The molecule has 0 aliphatic carbocycles. The maximum atomic E-state index is 6.69. The Hall–Kier alpha value is -3.01. The first kappa shape index (κ1) is 31.4. The predicted octanol–water partition coefficient (Wildman–Crippen LogP) is 6.98. The molecule has 7 heteroatoms. The van der Waals surface area contributed by atoms with E-state index in [1.807, 2.05) is 128 Å². The highest BCUT2D eigenvalue weighted by Gasteiger charge is 2.49. The molecule has 43 heavy (non-hydrogen) atoms. The van der Waals surface area contributed by atoms with Gasteiger partial charge in [0.1, 0.15) is 29.9 Å². The first-order valence-electron chi connectivity index (χ1n) is 14.7. The normalized spacial score (nSPS) is 22.7. The topological polar surface area (TPSA) is 55.4 Å². The summed E-state index contributed by atoms with van der Waals surface area (Å²) in [7, 11) is 0. The average Bonchev–Trinajstić information content (AvgIpc) is 3.04. The number of rotatable bonds is 15. The van der Waals surface area contributed by atoms with Crippen LogP contribution >= 0.6 is 12.6 Å². The summed E-state index contributed by atoms with van der Waals surface area (Å²) in [6.07, 6.45) is -2.86. The van der Waals surface area contributed by atoms with E-state index in [0.29, 0.717) is 26.4 Å². The monoisotopic (exact) mass is 600 g/mol. The molecule has 4 aromatic carbocycles. The zero-order valence-electron chi connectivity index (χ0n) is 24.4. The summed E-state index contributed by atoms with van der Waals surface area (Å²) in [4.78, 5) is 0. The summed E-state index contributed by atoms with van der Waals surface area (Å²) in [6, 6.07) is 40.3. The third-order valence-electron chi connectivity index (χ3n) is 7.17. The molecule has 4 aromatic rings. The lowest BCUT2D eigenvalue weighted by atomic mass is 9.97. The van der Waals surface area contributed by atoms with E-state index in [-0.39, 0.29) is 6.61 Å². The number of hydrogen-bond donors (Lipinski definition) is 1. The molecule has 0 radical (unpaired) electrons. The molecule has 1 aliphatic rings. The van der Waals surface area contributed by atoms with Gasteiger partial charge in [-0.25, -0.2) is 0 Å². The Morgan fingerprint density at radius 1 is 0.558 bits per heavy atom. The van der Waals surface area contributed by atoms with Crippen LogP contribution in [-0.2, 0) is 54.8 Å². The Bertz CT molecular complexity index is 1310. The van der Waals surface area contributed by atoms with Crippen molar-refractivity contribution < 1.29 is 28.4 Å². The van der Waals surface area contributed by atoms with Crippen LogP contribution in [0.2, 0.25) is 0 Å². The Kier molecular flexibility index (Phi) is 12.2. The van der Waals surface area contributed by atoms with Gasteiger partial charge in [-0.2, -0.15) is 0 Å². The molecule has 1 fully saturated rings. The molecule has 1 unspecified atom stereocenters. The van der Waals surface area contributed by atoms with Crippen molar-refractivity contribution in [1.29, 1.82) is 0 Å². The van der Waals surface area contributed by atoms with E-state index in [9.17, 15) is 0 Å². The van der Waals surface area contributed by atoms with Crippen LogP contribution in [0.1, 0.15) is 29.2 Å². The van der Waals surface area contributed by atoms with Gasteiger partial charge in [-0.05, 0) is 29.2 Å². The van der Waals surface area contributed by atoms with Crippen LogP contribution in [-0.4, -0.2) is 42.7 Å². The largest absolute Gasteiger partial charge is 0.374 e. The van der Waals surface area contributed by atoms with E-state index in [4.69, 9.17) is 28.4 Å². The van der Waals surface area contributed by atoms with Crippen molar-refractivity contribution in [2.75, 3.05) is 6.61 Å². The van der Waals surface area contributed by atoms with Gasteiger partial charge in [-0.3, -0.25) is 0 Å². The minimum atomic E-state index is -0.751. The molecule has 0 saturated carbocycles. The van der Waals surface area contributed by atoms with Gasteiger partial charge < -0.3 is 28.4 Å². The maximum Gasteiger partial charge on any atom is 0.188 e. The number of ether oxygens (including phenoxy) is 6. The fourth-order valence-corrected chi connectivity index (χ4v) is 5.17. The van der Waals surface area contributed by atoms with E-state index in [1.54, 1.807) is 0 Å². The summed E-state index contributed by atoms with van der Waals surface area (Å²) in [5.41, 5.74) is 3.83. The summed E-state index contributed by atoms with van der Waals surface area (Å²) in [5.74, 6) is 0. The molecule has 0 aromatic heterocycles. The Balaban J connectivity index is 1.42. The standard InChI is InChI=1S/C36H40O6S/c1-27(43)41-36-35(40-25-31-20-12-5-13-21-31)34(39-24-30-18-10-4-11-19-30)33(38-23-29-16-8-3-9-17-29)32(42-36)26-37-22-28-14-6-2-7-15-28/h2-21,27,32-36,43H,22-26H2,1H3/t27?,32-,33+,34+,35-,36-/m1/s1. The van der Waals surface area contributed by atoms with Crippen LogP contribution in [0.4, 0.5) is 0 Å². The molecule has 0 N–H and O–H groups in total. The zero-order chi connectivity index (χ0) is 29.7. The second-order valence-corrected chi connectivity index (χ2v) is 11.3. The fraction of sp³-hybridized carbons (Fsp3) is 0.333. The summed E-state index contributed by atoms with van der Waals surface area (Å²) in [6.45, 7) is 3.72. The van der Waals surface area contributed by atoms with Crippen LogP contribution in [0.3, 0.4) is 0 Å². The fourth-order valence-electron chi connectivity index (χ4n) is 5.05. The highest BCUT2D eigenvalue weighted by atomic mass is 32.1. The van der Waals surface area contributed by atoms with Crippen LogP contribution < -0.4 is 0 Å². The van der Waals surface area contributed by atoms with Gasteiger partial charge in [0.05, 0.1) is 33.0 Å². The van der Waals surface area contributed by atoms with Crippen LogP contribution in [0.5, 0.6) is 0 Å². The summed E-state index contributed by atoms with van der Waals surface area (Å²) >= 11 is 4.52. The summed E-state index contributed by atoms with van der Waals surface area (Å²) < 4.78 is 38.9. The minimum absolute atomic E-state index is 0.283. The van der Waals surface area contributed by atoms with Gasteiger partial charge in [0, 0.05) is 0 Å². The molecule has 1 aliphatic heterocycles. The second-order valence-electron chi connectivity index (χ2n) is 10.6.